The molecule has 0 atom stereocenters. The second-order valence-corrected chi connectivity index (χ2v) is 9.15. The van der Waals surface area contributed by atoms with Gasteiger partial charge < -0.3 is 9.30 Å². The van der Waals surface area contributed by atoms with Gasteiger partial charge >= 0.3 is 0 Å². The van der Waals surface area contributed by atoms with Crippen molar-refractivity contribution in [1.82, 2.24) is 9.55 Å². The average molecular weight is 442 g/mol. The highest BCUT2D eigenvalue weighted by Gasteiger charge is 2.25. The van der Waals surface area contributed by atoms with Crippen LogP contribution in [0.3, 0.4) is 0 Å². The molecule has 30 heavy (non-hydrogen) atoms. The zero-order valence-electron chi connectivity index (χ0n) is 16.4. The molecule has 8 heteroatoms. The third kappa shape index (κ3) is 3.40. The van der Waals surface area contributed by atoms with Crippen LogP contribution in [0.2, 0.25) is 0 Å². The van der Waals surface area contributed by atoms with Gasteiger partial charge in [-0.3, -0.25) is 10.1 Å². The zero-order chi connectivity index (χ0) is 20.7. The summed E-state index contributed by atoms with van der Waals surface area (Å²) in [6.07, 6.45) is 4.59. The van der Waals surface area contributed by atoms with Crippen LogP contribution in [0.15, 0.2) is 41.1 Å². The number of nitrogens with zero attached hydrogens (tertiary/aromatic N) is 2. The van der Waals surface area contributed by atoms with Gasteiger partial charge in [-0.1, -0.05) is 12.8 Å². The molecule has 0 unspecified atom stereocenters. The summed E-state index contributed by atoms with van der Waals surface area (Å²) in [6, 6.07) is 8.73. The molecule has 0 aliphatic heterocycles. The number of thiophene rings is 1. The first-order valence-electron chi connectivity index (χ1n) is 9.83. The molecular weight excluding hydrogens is 421 g/mol. The third-order valence-electron chi connectivity index (χ3n) is 5.54. The van der Waals surface area contributed by atoms with Crippen LogP contribution in [0.5, 0.6) is 5.75 Å². The number of aromatic nitrogens is 2. The van der Waals surface area contributed by atoms with Gasteiger partial charge in [0.2, 0.25) is 0 Å². The number of carbonyl (C=O) groups is 1. The van der Waals surface area contributed by atoms with E-state index in [-0.39, 0.29) is 11.7 Å². The van der Waals surface area contributed by atoms with Gasteiger partial charge in [-0.25, -0.2) is 9.37 Å². The summed E-state index contributed by atoms with van der Waals surface area (Å²) in [7, 11) is 1.54. The van der Waals surface area contributed by atoms with Crippen molar-refractivity contribution in [3.63, 3.8) is 0 Å². The van der Waals surface area contributed by atoms with E-state index in [1.54, 1.807) is 22.8 Å². The predicted molar refractivity (Wildman–Crippen MR) is 119 cm³/mol. The largest absolute Gasteiger partial charge is 0.496 e. The molecule has 0 bridgehead atoms. The normalized spacial score (nSPS) is 14.5. The van der Waals surface area contributed by atoms with Crippen molar-refractivity contribution in [1.29, 1.82) is 0 Å². The van der Waals surface area contributed by atoms with Crippen LogP contribution in [0, 0.1) is 5.82 Å². The minimum Gasteiger partial charge on any atom is -0.496 e. The molecule has 1 saturated carbocycles. The van der Waals surface area contributed by atoms with Gasteiger partial charge in [0.05, 0.1) is 23.0 Å². The standard InChI is InChI=1S/C22H20FN3O2S2/c1-28-19-7-6-13(23)10-15(19)16-12-30-22(24-16)25-21(27)18-11-20-17(8-9-29-20)26(18)14-4-2-3-5-14/h6-12,14H,2-5H2,1H3,(H,24,25,27). The highest BCUT2D eigenvalue weighted by atomic mass is 32.1. The molecule has 1 fully saturated rings. The van der Waals surface area contributed by atoms with Gasteiger partial charge in [0.15, 0.2) is 5.13 Å². The summed E-state index contributed by atoms with van der Waals surface area (Å²) in [5, 5.41) is 7.27. The number of rotatable bonds is 5. The van der Waals surface area contributed by atoms with Gasteiger partial charge in [0, 0.05) is 17.0 Å². The summed E-state index contributed by atoms with van der Waals surface area (Å²) < 4.78 is 22.4. The number of fused-ring (bicyclic) bond motifs is 1. The molecule has 0 saturated heterocycles. The van der Waals surface area contributed by atoms with Gasteiger partial charge in [0.1, 0.15) is 17.3 Å². The monoisotopic (exact) mass is 441 g/mol. The van der Waals surface area contributed by atoms with Crippen molar-refractivity contribution in [2.24, 2.45) is 0 Å². The number of carbonyl (C=O) groups excluding carboxylic acids is 1. The van der Waals surface area contributed by atoms with E-state index in [1.807, 2.05) is 6.07 Å². The minimum absolute atomic E-state index is 0.169. The van der Waals surface area contributed by atoms with Crippen molar-refractivity contribution in [2.45, 2.75) is 31.7 Å². The molecule has 0 radical (unpaired) electrons. The minimum atomic E-state index is -0.362. The van der Waals surface area contributed by atoms with Crippen LogP contribution >= 0.6 is 22.7 Å². The van der Waals surface area contributed by atoms with Crippen LogP contribution in [0.25, 0.3) is 21.5 Å². The maximum atomic E-state index is 13.7. The van der Waals surface area contributed by atoms with E-state index in [0.717, 1.165) is 23.1 Å². The first-order valence-corrected chi connectivity index (χ1v) is 11.6. The molecule has 1 aliphatic rings. The molecule has 3 aromatic heterocycles. The molecule has 1 aromatic carbocycles. The molecule has 3 heterocycles. The first-order chi connectivity index (χ1) is 14.6. The summed E-state index contributed by atoms with van der Waals surface area (Å²) in [6.45, 7) is 0. The fourth-order valence-corrected chi connectivity index (χ4v) is 5.69. The van der Waals surface area contributed by atoms with Crippen LogP contribution in [0.1, 0.15) is 42.2 Å². The molecule has 5 rings (SSSR count). The summed E-state index contributed by atoms with van der Waals surface area (Å²) in [5.41, 5.74) is 2.92. The lowest BCUT2D eigenvalue weighted by atomic mass is 10.1. The lowest BCUT2D eigenvalue weighted by Gasteiger charge is -2.16. The van der Waals surface area contributed by atoms with E-state index in [2.05, 4.69) is 26.3 Å². The van der Waals surface area contributed by atoms with E-state index in [1.165, 1.54) is 43.4 Å². The quantitative estimate of drug-likeness (QED) is 0.393. The van der Waals surface area contributed by atoms with Crippen molar-refractivity contribution in [2.75, 3.05) is 12.4 Å². The molecule has 1 aliphatic carbocycles. The van der Waals surface area contributed by atoms with Gasteiger partial charge in [0.25, 0.3) is 5.91 Å². The Balaban J connectivity index is 1.44. The van der Waals surface area contributed by atoms with Crippen molar-refractivity contribution in [3.05, 3.63) is 52.6 Å². The number of amides is 1. The second kappa shape index (κ2) is 7.85. The van der Waals surface area contributed by atoms with E-state index in [0.29, 0.717) is 33.9 Å². The first kappa shape index (κ1) is 19.3. The summed E-state index contributed by atoms with van der Waals surface area (Å²) in [5.74, 6) is 0.00572. The lowest BCUT2D eigenvalue weighted by Crippen LogP contribution is -2.19. The SMILES string of the molecule is COc1ccc(F)cc1-c1csc(NC(=O)c2cc3sccc3n2C2CCCC2)n1. The highest BCUT2D eigenvalue weighted by Crippen LogP contribution is 2.37. The Bertz CT molecular complexity index is 1220. The predicted octanol–water partition coefficient (Wildman–Crippen LogP) is 6.34. The van der Waals surface area contributed by atoms with Crippen LogP contribution in [0.4, 0.5) is 9.52 Å². The average Bonchev–Trinajstić information content (AvgIpc) is 3.51. The van der Waals surface area contributed by atoms with Crippen molar-refractivity contribution >= 4 is 43.9 Å². The Morgan fingerprint density at radius 1 is 1.23 bits per heavy atom. The molecule has 1 N–H and O–H groups in total. The summed E-state index contributed by atoms with van der Waals surface area (Å²) in [4.78, 5) is 17.6. The number of thiazole rings is 1. The maximum absolute atomic E-state index is 13.7. The van der Waals surface area contributed by atoms with Gasteiger partial charge in [-0.15, -0.1) is 22.7 Å². The van der Waals surface area contributed by atoms with Crippen LogP contribution in [-0.2, 0) is 0 Å². The Labute approximate surface area is 181 Å². The Morgan fingerprint density at radius 3 is 2.87 bits per heavy atom. The Morgan fingerprint density at radius 2 is 2.07 bits per heavy atom. The number of nitrogens with one attached hydrogen (secondary N) is 1. The zero-order valence-corrected chi connectivity index (χ0v) is 18.0. The number of anilines is 1. The van der Waals surface area contributed by atoms with E-state index in [4.69, 9.17) is 4.74 Å². The maximum Gasteiger partial charge on any atom is 0.274 e. The lowest BCUT2D eigenvalue weighted by molar-refractivity contribution is 0.101. The van der Waals surface area contributed by atoms with E-state index >= 15 is 0 Å². The fourth-order valence-electron chi connectivity index (χ4n) is 4.17. The topological polar surface area (TPSA) is 56.1 Å². The number of ether oxygens (including phenoxy) is 1. The molecule has 4 aromatic rings. The number of benzene rings is 1. The Kier molecular flexibility index (Phi) is 5.04. The van der Waals surface area contributed by atoms with Crippen molar-refractivity contribution in [3.8, 4) is 17.0 Å². The van der Waals surface area contributed by atoms with E-state index in [9.17, 15) is 9.18 Å². The Hall–Kier alpha value is -2.71. The smallest absolute Gasteiger partial charge is 0.274 e. The summed E-state index contributed by atoms with van der Waals surface area (Å²) >= 11 is 2.96. The number of methoxy groups -OCH3 is 1. The number of hydrogen-bond donors (Lipinski definition) is 1. The molecule has 1 amide bonds. The fraction of sp³-hybridized carbons (Fsp3) is 0.273. The highest BCUT2D eigenvalue weighted by molar-refractivity contribution is 7.17. The molecular formula is C22H20FN3O2S2. The third-order valence-corrected chi connectivity index (χ3v) is 7.16. The number of hydrogen-bond acceptors (Lipinski definition) is 5. The molecule has 154 valence electrons. The molecule has 5 nitrogen and oxygen atoms in total. The van der Waals surface area contributed by atoms with Crippen LogP contribution < -0.4 is 10.1 Å². The van der Waals surface area contributed by atoms with Crippen molar-refractivity contribution < 1.29 is 13.9 Å². The molecule has 0 spiro atoms. The number of halogens is 1. The van der Waals surface area contributed by atoms with Gasteiger partial charge in [-0.05, 0) is 48.6 Å². The van der Waals surface area contributed by atoms with E-state index < -0.39 is 0 Å². The van der Waals surface area contributed by atoms with Crippen LogP contribution in [-0.4, -0.2) is 22.6 Å². The van der Waals surface area contributed by atoms with Gasteiger partial charge in [-0.2, -0.15) is 0 Å². The second-order valence-electron chi connectivity index (χ2n) is 7.34.